The van der Waals surface area contributed by atoms with Gasteiger partial charge in [0, 0.05) is 17.8 Å². The van der Waals surface area contributed by atoms with E-state index >= 15 is 0 Å². The van der Waals surface area contributed by atoms with Gasteiger partial charge in [-0.25, -0.2) is 4.98 Å². The summed E-state index contributed by atoms with van der Waals surface area (Å²) in [5.41, 5.74) is 0.734. The van der Waals surface area contributed by atoms with Crippen molar-refractivity contribution in [3.63, 3.8) is 0 Å². The van der Waals surface area contributed by atoms with Crippen molar-refractivity contribution in [2.45, 2.75) is 45.6 Å². The molecule has 0 amide bonds. The topological polar surface area (TPSA) is 68.1 Å². The normalized spacial score (nSPS) is 23.7. The fraction of sp³-hybridized carbons (Fsp3) is 0.615. The number of pyridine rings is 1. The predicted octanol–water partition coefficient (Wildman–Crippen LogP) is 3.29. The molecule has 2 atom stereocenters. The van der Waals surface area contributed by atoms with E-state index in [1.807, 2.05) is 0 Å². The predicted molar refractivity (Wildman–Crippen MR) is 70.7 cm³/mol. The first-order valence-electron chi connectivity index (χ1n) is 6.45. The molecule has 2 unspecified atom stereocenters. The van der Waals surface area contributed by atoms with Gasteiger partial charge in [-0.1, -0.05) is 19.8 Å². The summed E-state index contributed by atoms with van der Waals surface area (Å²) in [6.45, 7) is 3.93. The minimum absolute atomic E-state index is 0.135. The quantitative estimate of drug-likeness (QED) is 0.659. The lowest BCUT2D eigenvalue weighted by atomic mass is 9.86. The molecule has 1 N–H and O–H groups in total. The third kappa shape index (κ3) is 2.78. The van der Waals surface area contributed by atoms with Crippen molar-refractivity contribution >= 4 is 11.5 Å². The molecule has 1 aromatic heterocycles. The lowest BCUT2D eigenvalue weighted by Crippen LogP contribution is -2.30. The Kier molecular flexibility index (Phi) is 3.79. The van der Waals surface area contributed by atoms with Crippen LogP contribution in [0.1, 0.15) is 38.2 Å². The molecule has 0 spiro atoms. The molecule has 1 aliphatic rings. The second-order valence-corrected chi connectivity index (χ2v) is 5.13. The molecule has 98 valence electrons. The van der Waals surface area contributed by atoms with Gasteiger partial charge in [0.05, 0.1) is 11.0 Å². The van der Waals surface area contributed by atoms with Gasteiger partial charge in [-0.2, -0.15) is 0 Å². The molecule has 1 saturated carbocycles. The van der Waals surface area contributed by atoms with Crippen LogP contribution in [0.25, 0.3) is 0 Å². The van der Waals surface area contributed by atoms with Crippen LogP contribution < -0.4 is 5.32 Å². The molecule has 1 heterocycles. The van der Waals surface area contributed by atoms with E-state index in [0.29, 0.717) is 23.3 Å². The van der Waals surface area contributed by atoms with E-state index < -0.39 is 0 Å². The zero-order valence-corrected chi connectivity index (χ0v) is 10.8. The number of nitro groups is 1. The Balaban J connectivity index is 2.14. The number of hydrogen-bond donors (Lipinski definition) is 1. The Morgan fingerprint density at radius 1 is 1.44 bits per heavy atom. The van der Waals surface area contributed by atoms with Crippen molar-refractivity contribution in [1.82, 2.24) is 4.98 Å². The first-order chi connectivity index (χ1) is 8.58. The van der Waals surface area contributed by atoms with Gasteiger partial charge >= 0.3 is 0 Å². The highest BCUT2D eigenvalue weighted by Crippen LogP contribution is 2.27. The molecular weight excluding hydrogens is 230 g/mol. The van der Waals surface area contributed by atoms with Crippen molar-refractivity contribution in [3.8, 4) is 0 Å². The number of rotatable bonds is 3. The Morgan fingerprint density at radius 2 is 2.17 bits per heavy atom. The standard InChI is InChI=1S/C13H19N3O2/c1-9-5-3-4-6-11(9)15-13-7-12(16(17)18)10(2)8-14-13/h7-9,11H,3-6H2,1-2H3,(H,14,15). The number of nitrogens with one attached hydrogen (secondary N) is 1. The fourth-order valence-corrected chi connectivity index (χ4v) is 2.51. The summed E-state index contributed by atoms with van der Waals surface area (Å²) in [6, 6.07) is 1.92. The minimum Gasteiger partial charge on any atom is -0.367 e. The summed E-state index contributed by atoms with van der Waals surface area (Å²) in [6.07, 6.45) is 6.39. The van der Waals surface area contributed by atoms with E-state index in [4.69, 9.17) is 0 Å². The minimum atomic E-state index is -0.355. The van der Waals surface area contributed by atoms with Crippen LogP contribution in [0.2, 0.25) is 0 Å². The van der Waals surface area contributed by atoms with Crippen LogP contribution in [0.4, 0.5) is 11.5 Å². The van der Waals surface area contributed by atoms with Gasteiger partial charge in [-0.05, 0) is 25.7 Å². The van der Waals surface area contributed by atoms with Gasteiger partial charge in [0.25, 0.3) is 5.69 Å². The number of anilines is 1. The van der Waals surface area contributed by atoms with Gasteiger partial charge in [-0.3, -0.25) is 10.1 Å². The van der Waals surface area contributed by atoms with E-state index in [1.165, 1.54) is 25.3 Å². The molecule has 0 aromatic carbocycles. The van der Waals surface area contributed by atoms with Crippen molar-refractivity contribution in [3.05, 3.63) is 27.9 Å². The van der Waals surface area contributed by atoms with Crippen molar-refractivity contribution in [2.75, 3.05) is 5.32 Å². The first-order valence-corrected chi connectivity index (χ1v) is 6.45. The summed E-state index contributed by atoms with van der Waals surface area (Å²) >= 11 is 0. The molecule has 1 aromatic rings. The van der Waals surface area contributed by atoms with Crippen LogP contribution in [0.15, 0.2) is 12.3 Å². The molecule has 1 aliphatic carbocycles. The molecule has 0 radical (unpaired) electrons. The zero-order chi connectivity index (χ0) is 13.1. The van der Waals surface area contributed by atoms with E-state index in [-0.39, 0.29) is 10.6 Å². The number of aromatic nitrogens is 1. The van der Waals surface area contributed by atoms with Crippen LogP contribution in [-0.4, -0.2) is 15.9 Å². The van der Waals surface area contributed by atoms with Gasteiger partial charge in [-0.15, -0.1) is 0 Å². The van der Waals surface area contributed by atoms with Crippen LogP contribution in [-0.2, 0) is 0 Å². The zero-order valence-electron chi connectivity index (χ0n) is 10.8. The van der Waals surface area contributed by atoms with E-state index in [1.54, 1.807) is 13.1 Å². The highest BCUT2D eigenvalue weighted by Gasteiger charge is 2.22. The SMILES string of the molecule is Cc1cnc(NC2CCCCC2C)cc1[N+](=O)[O-]. The maximum atomic E-state index is 10.9. The molecule has 0 bridgehead atoms. The van der Waals surface area contributed by atoms with Crippen molar-refractivity contribution in [1.29, 1.82) is 0 Å². The van der Waals surface area contributed by atoms with Gasteiger partial charge in [0.15, 0.2) is 0 Å². The van der Waals surface area contributed by atoms with Crippen molar-refractivity contribution in [2.24, 2.45) is 5.92 Å². The lowest BCUT2D eigenvalue weighted by molar-refractivity contribution is -0.385. The molecule has 5 nitrogen and oxygen atoms in total. The third-order valence-corrected chi connectivity index (χ3v) is 3.72. The van der Waals surface area contributed by atoms with Crippen LogP contribution >= 0.6 is 0 Å². The summed E-state index contributed by atoms with van der Waals surface area (Å²) in [5.74, 6) is 1.21. The monoisotopic (exact) mass is 249 g/mol. The molecule has 0 saturated heterocycles. The van der Waals surface area contributed by atoms with Crippen molar-refractivity contribution < 1.29 is 4.92 Å². The maximum absolute atomic E-state index is 10.9. The number of nitrogens with zero attached hydrogens (tertiary/aromatic N) is 2. The van der Waals surface area contributed by atoms with E-state index in [9.17, 15) is 10.1 Å². The Labute approximate surface area is 107 Å². The summed E-state index contributed by atoms with van der Waals surface area (Å²) in [4.78, 5) is 14.8. The maximum Gasteiger partial charge on any atom is 0.277 e. The second-order valence-electron chi connectivity index (χ2n) is 5.13. The Morgan fingerprint density at radius 3 is 2.83 bits per heavy atom. The average molecular weight is 249 g/mol. The molecule has 0 aliphatic heterocycles. The van der Waals surface area contributed by atoms with Crippen LogP contribution in [0.3, 0.4) is 0 Å². The Bertz CT molecular complexity index is 448. The third-order valence-electron chi connectivity index (χ3n) is 3.72. The molecular formula is C13H19N3O2. The highest BCUT2D eigenvalue weighted by atomic mass is 16.6. The number of hydrogen-bond acceptors (Lipinski definition) is 4. The number of aryl methyl sites for hydroxylation is 1. The molecule has 5 heteroatoms. The summed E-state index contributed by atoms with van der Waals surface area (Å²) in [5, 5.41) is 14.2. The largest absolute Gasteiger partial charge is 0.367 e. The smallest absolute Gasteiger partial charge is 0.277 e. The van der Waals surface area contributed by atoms with Gasteiger partial charge < -0.3 is 5.32 Å². The second kappa shape index (κ2) is 5.33. The molecule has 2 rings (SSSR count). The van der Waals surface area contributed by atoms with E-state index in [2.05, 4.69) is 17.2 Å². The van der Waals surface area contributed by atoms with Crippen LogP contribution in [0, 0.1) is 23.0 Å². The summed E-state index contributed by atoms with van der Waals surface area (Å²) in [7, 11) is 0. The van der Waals surface area contributed by atoms with Gasteiger partial charge in [0.1, 0.15) is 5.82 Å². The summed E-state index contributed by atoms with van der Waals surface area (Å²) < 4.78 is 0. The van der Waals surface area contributed by atoms with Crippen LogP contribution in [0.5, 0.6) is 0 Å². The lowest BCUT2D eigenvalue weighted by Gasteiger charge is -2.29. The van der Waals surface area contributed by atoms with E-state index in [0.717, 1.165) is 6.42 Å². The molecule has 18 heavy (non-hydrogen) atoms. The fourth-order valence-electron chi connectivity index (χ4n) is 2.51. The Hall–Kier alpha value is -1.65. The average Bonchev–Trinajstić information content (AvgIpc) is 2.34. The van der Waals surface area contributed by atoms with Gasteiger partial charge in [0.2, 0.25) is 0 Å². The first kappa shape index (κ1) is 12.8. The highest BCUT2D eigenvalue weighted by molar-refractivity contribution is 5.49. The molecule has 1 fully saturated rings.